The molecule has 174 valence electrons. The van der Waals surface area contributed by atoms with E-state index < -0.39 is 29.6 Å². The van der Waals surface area contributed by atoms with Gasteiger partial charge in [-0.3, -0.25) is 4.79 Å². The second-order valence-corrected chi connectivity index (χ2v) is 8.90. The normalized spacial score (nSPS) is 16.7. The van der Waals surface area contributed by atoms with Crippen molar-refractivity contribution in [2.24, 2.45) is 0 Å². The third-order valence-electron chi connectivity index (χ3n) is 7.06. The highest BCUT2D eigenvalue weighted by molar-refractivity contribution is 5.91. The number of nitrogens with one attached hydrogen (secondary N) is 1. The number of carbonyl (C=O) groups excluding carboxylic acids is 2. The third kappa shape index (κ3) is 4.08. The molecule has 2 aromatic carbocycles. The van der Waals surface area contributed by atoms with Gasteiger partial charge >= 0.3 is 12.1 Å². The Hall–Kier alpha value is -3.35. The monoisotopic (exact) mass is 450 g/mol. The molecule has 2 aliphatic carbocycles. The van der Waals surface area contributed by atoms with Crippen LogP contribution < -0.4 is 5.32 Å². The predicted octanol–water partition coefficient (Wildman–Crippen LogP) is 4.16. The molecule has 0 saturated heterocycles. The summed E-state index contributed by atoms with van der Waals surface area (Å²) in [5.74, 6) is -1.47. The molecule has 0 unspecified atom stereocenters. The highest BCUT2D eigenvalue weighted by Crippen LogP contribution is 2.44. The molecule has 7 heteroatoms. The van der Waals surface area contributed by atoms with Crippen molar-refractivity contribution >= 4 is 18.0 Å². The molecular formula is C26H30N2O5. The average molecular weight is 451 g/mol. The number of amides is 2. The van der Waals surface area contributed by atoms with Crippen LogP contribution in [0.5, 0.6) is 0 Å². The van der Waals surface area contributed by atoms with Gasteiger partial charge in [-0.15, -0.1) is 0 Å². The number of benzene rings is 2. The van der Waals surface area contributed by atoms with E-state index in [9.17, 15) is 19.5 Å². The van der Waals surface area contributed by atoms with Gasteiger partial charge in [-0.1, -0.05) is 61.9 Å². The largest absolute Gasteiger partial charge is 0.479 e. The zero-order chi connectivity index (χ0) is 23.6. The zero-order valence-electron chi connectivity index (χ0n) is 19.0. The van der Waals surface area contributed by atoms with E-state index in [4.69, 9.17) is 4.74 Å². The summed E-state index contributed by atoms with van der Waals surface area (Å²) >= 11 is 0. The summed E-state index contributed by atoms with van der Waals surface area (Å²) in [5.41, 5.74) is 3.33. The molecule has 2 aromatic rings. The van der Waals surface area contributed by atoms with Crippen LogP contribution in [-0.2, 0) is 14.3 Å². The van der Waals surface area contributed by atoms with E-state index in [1.165, 1.54) is 11.9 Å². The van der Waals surface area contributed by atoms with Gasteiger partial charge in [0.15, 0.2) is 0 Å². The molecule has 7 nitrogen and oxygen atoms in total. The summed E-state index contributed by atoms with van der Waals surface area (Å²) in [5, 5.41) is 12.3. The van der Waals surface area contributed by atoms with Crippen molar-refractivity contribution < 1.29 is 24.2 Å². The van der Waals surface area contributed by atoms with E-state index in [1.807, 2.05) is 43.3 Å². The number of carboxylic acid groups (broad SMARTS) is 1. The third-order valence-corrected chi connectivity index (χ3v) is 7.06. The number of carbonyl (C=O) groups is 3. The summed E-state index contributed by atoms with van der Waals surface area (Å²) in [6, 6.07) is 15.3. The molecule has 33 heavy (non-hydrogen) atoms. The summed E-state index contributed by atoms with van der Waals surface area (Å²) in [7, 11) is 1.51. The standard InChI is InChI=1S/C26H30N2O5/c1-3-9-22(23(29)28(2)26(24(30)31)14-8-15-26)27-25(32)33-16-21-19-12-6-4-10-17(19)18-11-5-7-13-20(18)21/h4-7,10-13,21-22H,3,8-9,14-16H2,1-2H3,(H,27,32)(H,30,31)/t22-/m0/s1. The van der Waals surface area contributed by atoms with E-state index in [1.54, 1.807) is 0 Å². The van der Waals surface area contributed by atoms with Crippen molar-refractivity contribution in [3.8, 4) is 11.1 Å². The Morgan fingerprint density at radius 2 is 1.67 bits per heavy atom. The molecule has 0 bridgehead atoms. The second kappa shape index (κ2) is 9.25. The number of likely N-dealkylation sites (N-methyl/N-ethyl adjacent to an activating group) is 1. The quantitative estimate of drug-likeness (QED) is 0.630. The van der Waals surface area contributed by atoms with Gasteiger partial charge in [-0.05, 0) is 47.9 Å². The van der Waals surface area contributed by atoms with E-state index in [0.717, 1.165) is 28.7 Å². The Morgan fingerprint density at radius 1 is 1.09 bits per heavy atom. The first-order valence-corrected chi connectivity index (χ1v) is 11.5. The molecule has 0 aliphatic heterocycles. The van der Waals surface area contributed by atoms with Gasteiger partial charge in [0.25, 0.3) is 0 Å². The number of hydrogen-bond acceptors (Lipinski definition) is 4. The smallest absolute Gasteiger partial charge is 0.407 e. The zero-order valence-corrected chi connectivity index (χ0v) is 19.0. The second-order valence-electron chi connectivity index (χ2n) is 8.90. The first-order chi connectivity index (χ1) is 15.9. The van der Waals surface area contributed by atoms with Crippen molar-refractivity contribution in [1.29, 1.82) is 0 Å². The van der Waals surface area contributed by atoms with Crippen LogP contribution in [0.1, 0.15) is 56.1 Å². The number of hydrogen-bond donors (Lipinski definition) is 2. The molecule has 2 amide bonds. The van der Waals surface area contributed by atoms with Crippen molar-refractivity contribution in [3.05, 3.63) is 59.7 Å². The van der Waals surface area contributed by atoms with Gasteiger partial charge in [0.1, 0.15) is 18.2 Å². The lowest BCUT2D eigenvalue weighted by molar-refractivity contribution is -0.165. The lowest BCUT2D eigenvalue weighted by atomic mass is 9.75. The van der Waals surface area contributed by atoms with Crippen molar-refractivity contribution in [3.63, 3.8) is 0 Å². The Labute approximate surface area is 193 Å². The van der Waals surface area contributed by atoms with E-state index in [0.29, 0.717) is 25.7 Å². The van der Waals surface area contributed by atoms with Crippen LogP contribution in [0.15, 0.2) is 48.5 Å². The Kier molecular flexibility index (Phi) is 6.40. The number of aliphatic carboxylic acids is 1. The molecule has 1 atom stereocenters. The van der Waals surface area contributed by atoms with Gasteiger partial charge in [-0.2, -0.15) is 0 Å². The van der Waals surface area contributed by atoms with Gasteiger partial charge in [0.2, 0.25) is 5.91 Å². The number of fused-ring (bicyclic) bond motifs is 3. The van der Waals surface area contributed by atoms with Crippen LogP contribution in [0, 0.1) is 0 Å². The maximum atomic E-state index is 13.1. The topological polar surface area (TPSA) is 95.9 Å². The van der Waals surface area contributed by atoms with E-state index >= 15 is 0 Å². The SMILES string of the molecule is CCC[C@H](NC(=O)OCC1c2ccccc2-c2ccccc21)C(=O)N(C)C1(C(=O)O)CCC1. The Bertz CT molecular complexity index is 1020. The molecule has 0 radical (unpaired) electrons. The van der Waals surface area contributed by atoms with Crippen LogP contribution in [0.4, 0.5) is 4.79 Å². The predicted molar refractivity (Wildman–Crippen MR) is 124 cm³/mol. The fourth-order valence-electron chi connectivity index (χ4n) is 4.98. The van der Waals surface area contributed by atoms with Crippen LogP contribution >= 0.6 is 0 Å². The number of ether oxygens (including phenoxy) is 1. The van der Waals surface area contributed by atoms with Crippen LogP contribution in [0.25, 0.3) is 11.1 Å². The fourth-order valence-corrected chi connectivity index (χ4v) is 4.98. The maximum Gasteiger partial charge on any atom is 0.407 e. The Balaban J connectivity index is 1.43. The van der Waals surface area contributed by atoms with Gasteiger partial charge in [0.05, 0.1) is 0 Å². The lowest BCUT2D eigenvalue weighted by Crippen LogP contribution is -2.63. The van der Waals surface area contributed by atoms with Gasteiger partial charge < -0.3 is 20.1 Å². The molecular weight excluding hydrogens is 420 g/mol. The molecule has 4 rings (SSSR count). The van der Waals surface area contributed by atoms with Gasteiger partial charge in [0, 0.05) is 13.0 Å². The summed E-state index contributed by atoms with van der Waals surface area (Å²) in [4.78, 5) is 38.9. The number of nitrogens with zero attached hydrogens (tertiary/aromatic N) is 1. The molecule has 1 fully saturated rings. The first-order valence-electron chi connectivity index (χ1n) is 11.5. The van der Waals surface area contributed by atoms with Crippen LogP contribution in [0.2, 0.25) is 0 Å². The summed E-state index contributed by atoms with van der Waals surface area (Å²) in [6.07, 6.45) is 2.01. The minimum absolute atomic E-state index is 0.0728. The summed E-state index contributed by atoms with van der Waals surface area (Å²) < 4.78 is 5.58. The van der Waals surface area contributed by atoms with Crippen molar-refractivity contribution in [2.45, 2.75) is 56.5 Å². The fraction of sp³-hybridized carbons (Fsp3) is 0.423. The molecule has 0 heterocycles. The average Bonchev–Trinajstić information content (AvgIpc) is 3.09. The summed E-state index contributed by atoms with van der Waals surface area (Å²) in [6.45, 7) is 2.07. The highest BCUT2D eigenvalue weighted by atomic mass is 16.5. The van der Waals surface area contributed by atoms with Crippen molar-refractivity contribution in [2.75, 3.05) is 13.7 Å². The number of carboxylic acids is 1. The lowest BCUT2D eigenvalue weighted by Gasteiger charge is -2.45. The van der Waals surface area contributed by atoms with Crippen LogP contribution in [0.3, 0.4) is 0 Å². The minimum atomic E-state index is -1.17. The van der Waals surface area contributed by atoms with E-state index in [2.05, 4.69) is 17.4 Å². The molecule has 0 aromatic heterocycles. The molecule has 2 aliphatic rings. The number of rotatable bonds is 8. The van der Waals surface area contributed by atoms with Crippen LogP contribution in [-0.4, -0.2) is 53.2 Å². The first kappa shape index (κ1) is 22.8. The molecule has 1 saturated carbocycles. The minimum Gasteiger partial charge on any atom is -0.479 e. The highest BCUT2D eigenvalue weighted by Gasteiger charge is 2.50. The Morgan fingerprint density at radius 3 is 2.15 bits per heavy atom. The molecule has 0 spiro atoms. The van der Waals surface area contributed by atoms with Crippen molar-refractivity contribution in [1.82, 2.24) is 10.2 Å². The van der Waals surface area contributed by atoms with Gasteiger partial charge in [-0.25, -0.2) is 9.59 Å². The van der Waals surface area contributed by atoms with E-state index in [-0.39, 0.29) is 12.5 Å². The number of alkyl carbamates (subject to hydrolysis) is 1. The molecule has 2 N–H and O–H groups in total. The maximum absolute atomic E-state index is 13.1.